The monoisotopic (exact) mass is 253 g/mol. The lowest BCUT2D eigenvalue weighted by atomic mass is 10.1. The zero-order chi connectivity index (χ0) is 13.1. The van der Waals surface area contributed by atoms with Gasteiger partial charge in [-0.05, 0) is 20.8 Å². The van der Waals surface area contributed by atoms with Crippen LogP contribution in [0.1, 0.15) is 27.2 Å². The fraction of sp³-hybridized carbons (Fsp3) is 0.857. The van der Waals surface area contributed by atoms with E-state index in [4.69, 9.17) is 4.74 Å². The van der Waals surface area contributed by atoms with Crippen LogP contribution in [0.25, 0.3) is 0 Å². The first-order valence-corrected chi connectivity index (χ1v) is 7.09. The average Bonchev–Trinajstić information content (AvgIpc) is 2.35. The SMILES string of the molecule is CC1=C(CC(C)N2CCNC(C)C2)OCCN1C. The Morgan fingerprint density at radius 3 is 2.94 bits per heavy atom. The van der Waals surface area contributed by atoms with Crippen LogP contribution in [-0.4, -0.2) is 61.7 Å². The van der Waals surface area contributed by atoms with Gasteiger partial charge in [0.1, 0.15) is 12.4 Å². The van der Waals surface area contributed by atoms with E-state index in [2.05, 4.69) is 42.9 Å². The predicted molar refractivity (Wildman–Crippen MR) is 74.4 cm³/mol. The molecule has 1 N–H and O–H groups in total. The van der Waals surface area contributed by atoms with Crippen molar-refractivity contribution in [2.45, 2.75) is 39.3 Å². The number of nitrogens with one attached hydrogen (secondary N) is 1. The maximum atomic E-state index is 5.84. The van der Waals surface area contributed by atoms with Crippen LogP contribution in [-0.2, 0) is 4.74 Å². The number of ether oxygens (including phenoxy) is 1. The van der Waals surface area contributed by atoms with Gasteiger partial charge in [0.05, 0.1) is 6.54 Å². The molecule has 0 aromatic carbocycles. The normalized spacial score (nSPS) is 28.2. The quantitative estimate of drug-likeness (QED) is 0.819. The number of rotatable bonds is 3. The third kappa shape index (κ3) is 3.18. The molecular weight excluding hydrogens is 226 g/mol. The minimum Gasteiger partial charge on any atom is -0.494 e. The number of hydrogen-bond acceptors (Lipinski definition) is 4. The lowest BCUT2D eigenvalue weighted by molar-refractivity contribution is 0.103. The van der Waals surface area contributed by atoms with E-state index in [0.717, 1.165) is 39.2 Å². The highest BCUT2D eigenvalue weighted by Crippen LogP contribution is 2.22. The Morgan fingerprint density at radius 2 is 2.22 bits per heavy atom. The zero-order valence-electron chi connectivity index (χ0n) is 12.2. The number of likely N-dealkylation sites (N-methyl/N-ethyl adjacent to an activating group) is 1. The van der Waals surface area contributed by atoms with E-state index in [1.54, 1.807) is 0 Å². The molecule has 2 heterocycles. The molecule has 2 unspecified atom stereocenters. The topological polar surface area (TPSA) is 27.7 Å². The van der Waals surface area contributed by atoms with E-state index in [9.17, 15) is 0 Å². The second-order valence-corrected chi connectivity index (χ2v) is 5.68. The first-order chi connectivity index (χ1) is 8.58. The standard InChI is InChI=1S/C14H27N3O/c1-11-10-17(6-5-15-11)12(2)9-14-13(3)16(4)7-8-18-14/h11-12,15H,5-10H2,1-4H3. The minimum atomic E-state index is 0.561. The molecule has 0 bridgehead atoms. The molecule has 18 heavy (non-hydrogen) atoms. The molecule has 104 valence electrons. The molecule has 0 radical (unpaired) electrons. The summed E-state index contributed by atoms with van der Waals surface area (Å²) in [5.41, 5.74) is 1.30. The van der Waals surface area contributed by atoms with Gasteiger partial charge in [0, 0.05) is 50.9 Å². The maximum absolute atomic E-state index is 5.84. The highest BCUT2D eigenvalue weighted by molar-refractivity contribution is 5.08. The van der Waals surface area contributed by atoms with Crippen LogP contribution >= 0.6 is 0 Å². The molecule has 0 saturated carbocycles. The van der Waals surface area contributed by atoms with Gasteiger partial charge >= 0.3 is 0 Å². The molecule has 0 aliphatic carbocycles. The molecule has 1 saturated heterocycles. The summed E-state index contributed by atoms with van der Waals surface area (Å²) < 4.78 is 5.84. The van der Waals surface area contributed by atoms with E-state index >= 15 is 0 Å². The van der Waals surface area contributed by atoms with Crippen LogP contribution < -0.4 is 5.32 Å². The molecule has 2 aliphatic heterocycles. The summed E-state index contributed by atoms with van der Waals surface area (Å²) in [6.07, 6.45) is 1.03. The Bertz CT molecular complexity index is 316. The van der Waals surface area contributed by atoms with Gasteiger partial charge in [-0.3, -0.25) is 4.90 Å². The summed E-state index contributed by atoms with van der Waals surface area (Å²) in [7, 11) is 2.15. The Labute approximate surface area is 111 Å². The van der Waals surface area contributed by atoms with Gasteiger partial charge in [-0.2, -0.15) is 0 Å². The van der Waals surface area contributed by atoms with Crippen LogP contribution in [0.3, 0.4) is 0 Å². The van der Waals surface area contributed by atoms with E-state index in [0.29, 0.717) is 12.1 Å². The van der Waals surface area contributed by atoms with Crippen molar-refractivity contribution in [3.63, 3.8) is 0 Å². The van der Waals surface area contributed by atoms with Crippen molar-refractivity contribution in [2.75, 3.05) is 39.8 Å². The Balaban J connectivity index is 1.94. The van der Waals surface area contributed by atoms with Crippen molar-refractivity contribution in [2.24, 2.45) is 0 Å². The maximum Gasteiger partial charge on any atom is 0.116 e. The minimum absolute atomic E-state index is 0.561. The molecule has 0 amide bonds. The van der Waals surface area contributed by atoms with E-state index in [-0.39, 0.29) is 0 Å². The van der Waals surface area contributed by atoms with Gasteiger partial charge in [0.15, 0.2) is 0 Å². The smallest absolute Gasteiger partial charge is 0.116 e. The van der Waals surface area contributed by atoms with Gasteiger partial charge in [-0.1, -0.05) is 0 Å². The summed E-state index contributed by atoms with van der Waals surface area (Å²) in [6.45, 7) is 12.0. The van der Waals surface area contributed by atoms with Crippen molar-refractivity contribution >= 4 is 0 Å². The second kappa shape index (κ2) is 5.93. The third-order valence-electron chi connectivity index (χ3n) is 4.18. The summed E-state index contributed by atoms with van der Waals surface area (Å²) in [5, 5.41) is 3.49. The van der Waals surface area contributed by atoms with Gasteiger partial charge in [-0.25, -0.2) is 0 Å². The van der Waals surface area contributed by atoms with Crippen molar-refractivity contribution in [1.82, 2.24) is 15.1 Å². The lowest BCUT2D eigenvalue weighted by Crippen LogP contribution is -2.52. The summed E-state index contributed by atoms with van der Waals surface area (Å²) in [4.78, 5) is 4.87. The number of hydrogen-bond donors (Lipinski definition) is 1. The van der Waals surface area contributed by atoms with E-state index in [1.807, 2.05) is 0 Å². The van der Waals surface area contributed by atoms with Gasteiger partial charge in [0.25, 0.3) is 0 Å². The summed E-state index contributed by atoms with van der Waals surface area (Å²) in [5.74, 6) is 1.18. The van der Waals surface area contributed by atoms with Crippen LogP contribution in [0, 0.1) is 0 Å². The van der Waals surface area contributed by atoms with Gasteiger partial charge < -0.3 is 15.0 Å². The Kier molecular flexibility index (Phi) is 4.51. The highest BCUT2D eigenvalue weighted by atomic mass is 16.5. The average molecular weight is 253 g/mol. The van der Waals surface area contributed by atoms with Crippen LogP contribution in [0.4, 0.5) is 0 Å². The first-order valence-electron chi connectivity index (χ1n) is 7.09. The predicted octanol–water partition coefficient (Wildman–Crippen LogP) is 1.25. The van der Waals surface area contributed by atoms with Crippen molar-refractivity contribution in [3.8, 4) is 0 Å². The van der Waals surface area contributed by atoms with Crippen LogP contribution in [0.5, 0.6) is 0 Å². The largest absolute Gasteiger partial charge is 0.494 e. The second-order valence-electron chi connectivity index (χ2n) is 5.68. The molecule has 2 atom stereocenters. The van der Waals surface area contributed by atoms with Gasteiger partial charge in [0.2, 0.25) is 0 Å². The number of allylic oxidation sites excluding steroid dienone is 1. The third-order valence-corrected chi connectivity index (χ3v) is 4.18. The number of nitrogens with zero attached hydrogens (tertiary/aromatic N) is 2. The molecule has 4 heteroatoms. The highest BCUT2D eigenvalue weighted by Gasteiger charge is 2.24. The van der Waals surface area contributed by atoms with Gasteiger partial charge in [-0.15, -0.1) is 0 Å². The fourth-order valence-corrected chi connectivity index (χ4v) is 2.76. The molecule has 1 fully saturated rings. The summed E-state index contributed by atoms with van der Waals surface area (Å²) in [6, 6.07) is 1.16. The van der Waals surface area contributed by atoms with E-state index < -0.39 is 0 Å². The zero-order valence-corrected chi connectivity index (χ0v) is 12.2. The van der Waals surface area contributed by atoms with Crippen molar-refractivity contribution < 1.29 is 4.74 Å². The van der Waals surface area contributed by atoms with Crippen LogP contribution in [0.15, 0.2) is 11.5 Å². The molecule has 2 aliphatic rings. The molecule has 0 aromatic rings. The first kappa shape index (κ1) is 13.7. The molecule has 0 spiro atoms. The summed E-state index contributed by atoms with van der Waals surface area (Å²) >= 11 is 0. The molecule has 0 aromatic heterocycles. The fourth-order valence-electron chi connectivity index (χ4n) is 2.76. The lowest BCUT2D eigenvalue weighted by Gasteiger charge is -2.37. The Hall–Kier alpha value is -0.740. The molecule has 4 nitrogen and oxygen atoms in total. The van der Waals surface area contributed by atoms with E-state index in [1.165, 1.54) is 11.5 Å². The van der Waals surface area contributed by atoms with Crippen molar-refractivity contribution in [3.05, 3.63) is 11.5 Å². The Morgan fingerprint density at radius 1 is 1.44 bits per heavy atom. The van der Waals surface area contributed by atoms with Crippen molar-refractivity contribution in [1.29, 1.82) is 0 Å². The van der Waals surface area contributed by atoms with Crippen LogP contribution in [0.2, 0.25) is 0 Å². The molecule has 2 rings (SSSR count). The number of piperazine rings is 1. The molecular formula is C14H27N3O.